The molecule has 0 radical (unpaired) electrons. The van der Waals surface area contributed by atoms with Gasteiger partial charge in [0.05, 0.1) is 19.3 Å². The van der Waals surface area contributed by atoms with Crippen LogP contribution in [0.3, 0.4) is 0 Å². The molecule has 2 atom stereocenters. The molecule has 2 heterocycles. The van der Waals surface area contributed by atoms with Crippen molar-refractivity contribution in [2.24, 2.45) is 0 Å². The number of nitrogens with one attached hydrogen (secondary N) is 1. The molecular formula is C18H23F2NO3. The Kier molecular flexibility index (Phi) is 4.56. The van der Waals surface area contributed by atoms with Crippen LogP contribution >= 0.6 is 0 Å². The third-order valence-electron chi connectivity index (χ3n) is 5.37. The van der Waals surface area contributed by atoms with Crippen LogP contribution < -0.4 is 5.32 Å². The van der Waals surface area contributed by atoms with E-state index in [4.69, 9.17) is 14.2 Å². The summed E-state index contributed by atoms with van der Waals surface area (Å²) in [6.45, 7) is 2.00. The van der Waals surface area contributed by atoms with E-state index < -0.39 is 11.6 Å². The van der Waals surface area contributed by atoms with Crippen LogP contribution in [-0.4, -0.2) is 37.7 Å². The first-order chi connectivity index (χ1) is 11.7. The first-order valence-electron chi connectivity index (χ1n) is 8.76. The second-order valence-corrected chi connectivity index (χ2v) is 6.91. The standard InChI is InChI=1S/C18H23F2NO3/c19-14-2-1-12(11-15(14)20)17-16(5-8-22-17)21-13-3-6-18(7-4-13)23-9-10-24-18/h1-2,11,13,16-17,21H,3-10H2/t16-,17+/m1/s1. The molecule has 4 nitrogen and oxygen atoms in total. The number of halogens is 2. The molecule has 4 rings (SSSR count). The predicted molar refractivity (Wildman–Crippen MR) is 83.5 cm³/mol. The van der Waals surface area contributed by atoms with Gasteiger partial charge in [0.1, 0.15) is 0 Å². The van der Waals surface area contributed by atoms with Crippen LogP contribution in [0, 0.1) is 11.6 Å². The van der Waals surface area contributed by atoms with Crippen molar-refractivity contribution in [3.63, 3.8) is 0 Å². The van der Waals surface area contributed by atoms with Crippen molar-refractivity contribution in [3.8, 4) is 0 Å². The fraction of sp³-hybridized carbons (Fsp3) is 0.667. The zero-order valence-electron chi connectivity index (χ0n) is 13.6. The molecule has 0 bridgehead atoms. The third kappa shape index (κ3) is 3.20. The summed E-state index contributed by atoms with van der Waals surface area (Å²) in [5.41, 5.74) is 0.693. The van der Waals surface area contributed by atoms with Gasteiger partial charge in [0.25, 0.3) is 0 Å². The molecule has 0 aromatic heterocycles. The normalized spacial score (nSPS) is 30.2. The number of ether oxygens (including phenoxy) is 3. The van der Waals surface area contributed by atoms with Crippen molar-refractivity contribution in [3.05, 3.63) is 35.4 Å². The summed E-state index contributed by atoms with van der Waals surface area (Å²) in [6, 6.07) is 4.53. The van der Waals surface area contributed by atoms with Gasteiger partial charge in [-0.1, -0.05) is 6.07 Å². The molecule has 0 amide bonds. The molecule has 0 unspecified atom stereocenters. The van der Waals surface area contributed by atoms with Crippen molar-refractivity contribution < 1.29 is 23.0 Å². The highest BCUT2D eigenvalue weighted by Crippen LogP contribution is 2.37. The maximum Gasteiger partial charge on any atom is 0.168 e. The van der Waals surface area contributed by atoms with Crippen molar-refractivity contribution in [1.82, 2.24) is 5.32 Å². The van der Waals surface area contributed by atoms with Crippen LogP contribution in [0.2, 0.25) is 0 Å². The van der Waals surface area contributed by atoms with E-state index in [1.54, 1.807) is 6.07 Å². The zero-order chi connectivity index (χ0) is 16.6. The van der Waals surface area contributed by atoms with Gasteiger partial charge in [0.15, 0.2) is 17.4 Å². The quantitative estimate of drug-likeness (QED) is 0.919. The highest BCUT2D eigenvalue weighted by atomic mass is 19.2. The molecule has 24 heavy (non-hydrogen) atoms. The minimum atomic E-state index is -0.824. The van der Waals surface area contributed by atoms with Crippen molar-refractivity contribution in [1.29, 1.82) is 0 Å². The molecule has 132 valence electrons. The Balaban J connectivity index is 1.38. The number of benzene rings is 1. The van der Waals surface area contributed by atoms with Gasteiger partial charge < -0.3 is 19.5 Å². The van der Waals surface area contributed by atoms with Gasteiger partial charge in [0.2, 0.25) is 0 Å². The van der Waals surface area contributed by atoms with Gasteiger partial charge in [-0.15, -0.1) is 0 Å². The van der Waals surface area contributed by atoms with Crippen molar-refractivity contribution >= 4 is 0 Å². The molecular weight excluding hydrogens is 316 g/mol. The van der Waals surface area contributed by atoms with Crippen LogP contribution in [0.25, 0.3) is 0 Å². The Morgan fingerprint density at radius 3 is 2.42 bits per heavy atom. The predicted octanol–water partition coefficient (Wildman–Crippen LogP) is 3.07. The van der Waals surface area contributed by atoms with E-state index in [-0.39, 0.29) is 17.9 Å². The largest absolute Gasteiger partial charge is 0.372 e. The first-order valence-corrected chi connectivity index (χ1v) is 8.76. The lowest BCUT2D eigenvalue weighted by Gasteiger charge is -2.37. The second-order valence-electron chi connectivity index (χ2n) is 6.91. The van der Waals surface area contributed by atoms with Crippen LogP contribution in [0.1, 0.15) is 43.8 Å². The molecule has 1 N–H and O–H groups in total. The molecule has 1 aromatic carbocycles. The summed E-state index contributed by atoms with van der Waals surface area (Å²) in [7, 11) is 0. The minimum absolute atomic E-state index is 0.124. The summed E-state index contributed by atoms with van der Waals surface area (Å²) < 4.78 is 44.0. The molecule has 3 aliphatic rings. The topological polar surface area (TPSA) is 39.7 Å². The Morgan fingerprint density at radius 2 is 1.71 bits per heavy atom. The maximum absolute atomic E-state index is 13.5. The zero-order valence-corrected chi connectivity index (χ0v) is 13.6. The highest BCUT2D eigenvalue weighted by Gasteiger charge is 2.41. The Labute approximate surface area is 140 Å². The van der Waals surface area contributed by atoms with Gasteiger partial charge in [-0.05, 0) is 37.0 Å². The van der Waals surface area contributed by atoms with Gasteiger partial charge in [-0.3, -0.25) is 0 Å². The molecule has 1 spiro atoms. The fourth-order valence-electron chi connectivity index (χ4n) is 4.09. The molecule has 6 heteroatoms. The van der Waals surface area contributed by atoms with Gasteiger partial charge in [0, 0.05) is 31.5 Å². The summed E-state index contributed by atoms with van der Waals surface area (Å²) >= 11 is 0. The Morgan fingerprint density at radius 1 is 0.958 bits per heavy atom. The lowest BCUT2D eigenvalue weighted by molar-refractivity contribution is -0.179. The van der Waals surface area contributed by atoms with Crippen LogP contribution in [0.15, 0.2) is 18.2 Å². The maximum atomic E-state index is 13.5. The third-order valence-corrected chi connectivity index (χ3v) is 5.37. The van der Waals surface area contributed by atoms with Gasteiger partial charge >= 0.3 is 0 Å². The monoisotopic (exact) mass is 339 g/mol. The SMILES string of the molecule is Fc1ccc([C@@H]2OCC[C@H]2NC2CCC3(CC2)OCCO3)cc1F. The van der Waals surface area contributed by atoms with E-state index in [9.17, 15) is 8.78 Å². The van der Waals surface area contributed by atoms with E-state index in [1.807, 2.05) is 0 Å². The highest BCUT2D eigenvalue weighted by molar-refractivity contribution is 5.22. The molecule has 2 saturated heterocycles. The van der Waals surface area contributed by atoms with Crippen LogP contribution in [0.4, 0.5) is 8.78 Å². The molecule has 3 fully saturated rings. The molecule has 1 aliphatic carbocycles. The average Bonchev–Trinajstić information content (AvgIpc) is 3.22. The number of rotatable bonds is 3. The van der Waals surface area contributed by atoms with Crippen LogP contribution in [-0.2, 0) is 14.2 Å². The van der Waals surface area contributed by atoms with E-state index in [0.29, 0.717) is 31.4 Å². The fourth-order valence-corrected chi connectivity index (χ4v) is 4.09. The lowest BCUT2D eigenvalue weighted by atomic mass is 9.89. The summed E-state index contributed by atoms with van der Waals surface area (Å²) in [5.74, 6) is -2.00. The Bertz CT molecular complexity index is 582. The number of hydrogen-bond donors (Lipinski definition) is 1. The smallest absolute Gasteiger partial charge is 0.168 e. The van der Waals surface area contributed by atoms with Crippen molar-refractivity contribution in [2.45, 2.75) is 56.1 Å². The van der Waals surface area contributed by atoms with Crippen molar-refractivity contribution in [2.75, 3.05) is 19.8 Å². The molecule has 2 aliphatic heterocycles. The van der Waals surface area contributed by atoms with Crippen LogP contribution in [0.5, 0.6) is 0 Å². The summed E-state index contributed by atoms with van der Waals surface area (Å²) in [4.78, 5) is 0. The van der Waals surface area contributed by atoms with Gasteiger partial charge in [-0.25, -0.2) is 8.78 Å². The van der Waals surface area contributed by atoms with E-state index >= 15 is 0 Å². The molecule has 1 saturated carbocycles. The Hall–Kier alpha value is -1.08. The minimum Gasteiger partial charge on any atom is -0.372 e. The lowest BCUT2D eigenvalue weighted by Crippen LogP contribution is -2.46. The second kappa shape index (κ2) is 6.67. The molecule has 1 aromatic rings. The van der Waals surface area contributed by atoms with E-state index in [2.05, 4.69) is 5.32 Å². The average molecular weight is 339 g/mol. The first kappa shape index (κ1) is 16.4. The van der Waals surface area contributed by atoms with E-state index in [1.165, 1.54) is 12.1 Å². The van der Waals surface area contributed by atoms with Gasteiger partial charge in [-0.2, -0.15) is 0 Å². The summed E-state index contributed by atoms with van der Waals surface area (Å²) in [5, 5.41) is 3.65. The number of hydrogen-bond acceptors (Lipinski definition) is 4. The van der Waals surface area contributed by atoms with E-state index in [0.717, 1.165) is 32.1 Å². The summed E-state index contributed by atoms with van der Waals surface area (Å²) in [6.07, 6.45) is 4.41.